The predicted molar refractivity (Wildman–Crippen MR) is 37.2 cm³/mol. The quantitative estimate of drug-likeness (QED) is 0.514. The monoisotopic (exact) mass is 124 g/mol. The van der Waals surface area contributed by atoms with Gasteiger partial charge in [-0.25, -0.2) is 0 Å². The van der Waals surface area contributed by atoms with Crippen molar-refractivity contribution in [1.82, 2.24) is 0 Å². The van der Waals surface area contributed by atoms with E-state index in [2.05, 4.69) is 0 Å². The zero-order valence-electron chi connectivity index (χ0n) is 5.98. The van der Waals surface area contributed by atoms with Crippen molar-refractivity contribution in [2.45, 2.75) is 26.7 Å². The van der Waals surface area contributed by atoms with Gasteiger partial charge < -0.3 is 0 Å². The van der Waals surface area contributed by atoms with Gasteiger partial charge in [-0.3, -0.25) is 4.79 Å². The van der Waals surface area contributed by atoms with Gasteiger partial charge in [0.05, 0.1) is 0 Å². The van der Waals surface area contributed by atoms with Crippen LogP contribution in [-0.4, -0.2) is 5.78 Å². The summed E-state index contributed by atoms with van der Waals surface area (Å²) in [5.74, 6) is 0.296. The number of hydrogen-bond donors (Lipinski definition) is 0. The van der Waals surface area contributed by atoms with Gasteiger partial charge in [0.1, 0.15) is 0 Å². The molecular formula is C8H12O. The molecule has 0 atom stereocenters. The maximum atomic E-state index is 11.0. The van der Waals surface area contributed by atoms with Gasteiger partial charge in [-0.15, -0.1) is 0 Å². The van der Waals surface area contributed by atoms with Gasteiger partial charge in [0.25, 0.3) is 0 Å². The summed E-state index contributed by atoms with van der Waals surface area (Å²) in [6.45, 7) is 3.90. The molecule has 1 aliphatic carbocycles. The molecule has 1 aliphatic rings. The largest absolute Gasteiger partial charge is 0.294 e. The van der Waals surface area contributed by atoms with Gasteiger partial charge in [-0.1, -0.05) is 13.0 Å². The Kier molecular flexibility index (Phi) is 1.43. The van der Waals surface area contributed by atoms with Crippen molar-refractivity contribution in [1.29, 1.82) is 0 Å². The van der Waals surface area contributed by atoms with Gasteiger partial charge in [-0.2, -0.15) is 0 Å². The summed E-state index contributed by atoms with van der Waals surface area (Å²) in [5, 5.41) is 0. The summed E-state index contributed by atoms with van der Waals surface area (Å²) in [6.07, 6.45) is 5.64. The highest BCUT2D eigenvalue weighted by atomic mass is 16.1. The predicted octanol–water partition coefficient (Wildman–Crippen LogP) is 1.93. The first-order valence-corrected chi connectivity index (χ1v) is 3.36. The lowest BCUT2D eigenvalue weighted by Gasteiger charge is -1.98. The smallest absolute Gasteiger partial charge is 0.161 e. The molecule has 0 N–H and O–H groups in total. The van der Waals surface area contributed by atoms with Gasteiger partial charge in [0.2, 0.25) is 0 Å². The molecule has 0 spiro atoms. The van der Waals surface area contributed by atoms with Crippen molar-refractivity contribution < 1.29 is 4.79 Å². The SMILES string of the molecule is C/C=C/C(=O)C1(C)CC1. The minimum absolute atomic E-state index is 0.0342. The zero-order valence-corrected chi connectivity index (χ0v) is 5.98. The normalized spacial score (nSPS) is 22.4. The van der Waals surface area contributed by atoms with E-state index < -0.39 is 0 Å². The van der Waals surface area contributed by atoms with Crippen LogP contribution in [0.15, 0.2) is 12.2 Å². The minimum atomic E-state index is 0.0342. The maximum absolute atomic E-state index is 11.0. The second-order valence-corrected chi connectivity index (χ2v) is 2.92. The first kappa shape index (κ1) is 6.53. The highest BCUT2D eigenvalue weighted by molar-refractivity contribution is 5.96. The third-order valence-electron chi connectivity index (χ3n) is 1.91. The molecule has 1 nitrogen and oxygen atoms in total. The van der Waals surface area contributed by atoms with Crippen LogP contribution in [0.5, 0.6) is 0 Å². The molecule has 9 heavy (non-hydrogen) atoms. The Morgan fingerprint density at radius 3 is 2.44 bits per heavy atom. The van der Waals surface area contributed by atoms with E-state index >= 15 is 0 Å². The topological polar surface area (TPSA) is 17.1 Å². The first-order chi connectivity index (χ1) is 4.19. The molecule has 0 radical (unpaired) electrons. The number of allylic oxidation sites excluding steroid dienone is 2. The lowest BCUT2D eigenvalue weighted by Crippen LogP contribution is -2.06. The Hall–Kier alpha value is -0.590. The summed E-state index contributed by atoms with van der Waals surface area (Å²) in [5.41, 5.74) is 0.0342. The minimum Gasteiger partial charge on any atom is -0.294 e. The number of hydrogen-bond acceptors (Lipinski definition) is 1. The third kappa shape index (κ3) is 1.21. The van der Waals surface area contributed by atoms with Crippen LogP contribution in [0.1, 0.15) is 26.7 Å². The Labute approximate surface area is 55.8 Å². The van der Waals surface area contributed by atoms with E-state index in [1.165, 1.54) is 0 Å². The van der Waals surface area contributed by atoms with Crippen molar-refractivity contribution in [3.8, 4) is 0 Å². The number of carbonyl (C=O) groups is 1. The van der Waals surface area contributed by atoms with Gasteiger partial charge in [0.15, 0.2) is 5.78 Å². The fourth-order valence-corrected chi connectivity index (χ4v) is 0.786. The van der Waals surface area contributed by atoms with Gasteiger partial charge in [-0.05, 0) is 25.8 Å². The standard InChI is InChI=1S/C8H12O/c1-3-4-7(9)8(2)5-6-8/h3-4H,5-6H2,1-2H3/b4-3+. The van der Waals surface area contributed by atoms with Crippen molar-refractivity contribution in [2.75, 3.05) is 0 Å². The molecule has 0 bridgehead atoms. The van der Waals surface area contributed by atoms with Crippen LogP contribution in [0.3, 0.4) is 0 Å². The molecule has 0 aromatic rings. The molecular weight excluding hydrogens is 112 g/mol. The van der Waals surface area contributed by atoms with Gasteiger partial charge >= 0.3 is 0 Å². The Bertz CT molecular complexity index is 152. The van der Waals surface area contributed by atoms with E-state index in [0.29, 0.717) is 5.78 Å². The molecule has 0 amide bonds. The summed E-state index contributed by atoms with van der Waals surface area (Å²) in [4.78, 5) is 11.0. The molecule has 0 aliphatic heterocycles. The Morgan fingerprint density at radius 2 is 2.11 bits per heavy atom. The average molecular weight is 124 g/mol. The van der Waals surface area contributed by atoms with E-state index in [9.17, 15) is 4.79 Å². The molecule has 50 valence electrons. The fourth-order valence-electron chi connectivity index (χ4n) is 0.786. The molecule has 1 saturated carbocycles. The van der Waals surface area contributed by atoms with Crippen molar-refractivity contribution >= 4 is 5.78 Å². The Morgan fingerprint density at radius 1 is 1.56 bits per heavy atom. The average Bonchev–Trinajstić information content (AvgIpc) is 2.50. The lowest BCUT2D eigenvalue weighted by atomic mass is 10.0. The second kappa shape index (κ2) is 1.98. The number of carbonyl (C=O) groups excluding carboxylic acids is 1. The lowest BCUT2D eigenvalue weighted by molar-refractivity contribution is -0.118. The maximum Gasteiger partial charge on any atom is 0.161 e. The molecule has 0 aromatic heterocycles. The van der Waals surface area contributed by atoms with E-state index in [1.54, 1.807) is 6.08 Å². The van der Waals surface area contributed by atoms with E-state index in [0.717, 1.165) is 12.8 Å². The van der Waals surface area contributed by atoms with Crippen LogP contribution in [0.2, 0.25) is 0 Å². The van der Waals surface area contributed by atoms with Crippen LogP contribution < -0.4 is 0 Å². The molecule has 1 heteroatoms. The fraction of sp³-hybridized carbons (Fsp3) is 0.625. The highest BCUT2D eigenvalue weighted by Crippen LogP contribution is 2.45. The van der Waals surface area contributed by atoms with Crippen LogP contribution >= 0.6 is 0 Å². The second-order valence-electron chi connectivity index (χ2n) is 2.92. The van der Waals surface area contributed by atoms with E-state index in [-0.39, 0.29) is 5.41 Å². The zero-order chi connectivity index (χ0) is 6.91. The molecule has 1 fully saturated rings. The number of rotatable bonds is 2. The molecule has 0 unspecified atom stereocenters. The van der Waals surface area contributed by atoms with Crippen LogP contribution in [0, 0.1) is 5.41 Å². The molecule has 0 saturated heterocycles. The van der Waals surface area contributed by atoms with E-state index in [4.69, 9.17) is 0 Å². The van der Waals surface area contributed by atoms with Gasteiger partial charge in [0, 0.05) is 5.41 Å². The van der Waals surface area contributed by atoms with Crippen molar-refractivity contribution in [3.05, 3.63) is 12.2 Å². The van der Waals surface area contributed by atoms with E-state index in [1.807, 2.05) is 19.9 Å². The highest BCUT2D eigenvalue weighted by Gasteiger charge is 2.42. The molecule has 0 aromatic carbocycles. The molecule has 1 rings (SSSR count). The summed E-state index contributed by atoms with van der Waals surface area (Å²) >= 11 is 0. The number of ketones is 1. The van der Waals surface area contributed by atoms with Crippen molar-refractivity contribution in [2.24, 2.45) is 5.41 Å². The summed E-state index contributed by atoms with van der Waals surface area (Å²) < 4.78 is 0. The van der Waals surface area contributed by atoms with Crippen LogP contribution in [0.25, 0.3) is 0 Å². The first-order valence-electron chi connectivity index (χ1n) is 3.36. The van der Waals surface area contributed by atoms with Crippen LogP contribution in [-0.2, 0) is 4.79 Å². The third-order valence-corrected chi connectivity index (χ3v) is 1.91. The van der Waals surface area contributed by atoms with Crippen LogP contribution in [0.4, 0.5) is 0 Å². The summed E-state index contributed by atoms with van der Waals surface area (Å²) in [6, 6.07) is 0. The van der Waals surface area contributed by atoms with Crippen molar-refractivity contribution in [3.63, 3.8) is 0 Å². The molecule has 0 heterocycles. The Balaban J connectivity index is 2.53. The summed E-state index contributed by atoms with van der Waals surface area (Å²) in [7, 11) is 0.